The lowest BCUT2D eigenvalue weighted by atomic mass is 10.2. The van der Waals surface area contributed by atoms with E-state index in [1.165, 1.54) is 17.4 Å². The maximum absolute atomic E-state index is 13.5. The fraction of sp³-hybridized carbons (Fsp3) is 0.0625. The molecule has 0 fully saturated rings. The maximum Gasteiger partial charge on any atom is 0.261 e. The average molecular weight is 285 g/mol. The van der Waals surface area contributed by atoms with Gasteiger partial charge < -0.3 is 5.32 Å². The number of carbonyl (C=O) groups is 1. The highest BCUT2D eigenvalue weighted by Crippen LogP contribution is 2.25. The number of rotatable bonds is 3. The molecule has 0 aliphatic rings. The second-order valence-electron chi connectivity index (χ2n) is 4.42. The van der Waals surface area contributed by atoms with Crippen molar-refractivity contribution in [3.05, 3.63) is 70.9 Å². The van der Waals surface area contributed by atoms with Gasteiger partial charge in [-0.1, -0.05) is 36.4 Å². The third-order valence-electron chi connectivity index (χ3n) is 3.05. The molecule has 0 saturated heterocycles. The zero-order valence-corrected chi connectivity index (χ0v) is 11.4. The molecule has 0 saturated carbocycles. The first kappa shape index (κ1) is 12.8. The van der Waals surface area contributed by atoms with Crippen molar-refractivity contribution in [2.24, 2.45) is 0 Å². The molecular weight excluding hydrogens is 273 g/mol. The number of hydrogen-bond donors (Lipinski definition) is 1. The lowest BCUT2D eigenvalue weighted by molar-refractivity contribution is 0.0954. The summed E-state index contributed by atoms with van der Waals surface area (Å²) in [5.41, 5.74) is 0.488. The van der Waals surface area contributed by atoms with Gasteiger partial charge in [-0.2, -0.15) is 0 Å². The molecule has 1 aromatic heterocycles. The molecule has 2 aromatic carbocycles. The van der Waals surface area contributed by atoms with E-state index in [1.807, 2.05) is 30.3 Å². The number of thiophene rings is 1. The monoisotopic (exact) mass is 285 g/mol. The van der Waals surface area contributed by atoms with Crippen LogP contribution in [0.15, 0.2) is 54.6 Å². The summed E-state index contributed by atoms with van der Waals surface area (Å²) in [5, 5.41) is 3.80. The van der Waals surface area contributed by atoms with Crippen LogP contribution in [0.1, 0.15) is 15.2 Å². The Bertz CT molecular complexity index is 733. The summed E-state index contributed by atoms with van der Waals surface area (Å²) in [6, 6.07) is 16.1. The van der Waals surface area contributed by atoms with Crippen molar-refractivity contribution in [3.8, 4) is 0 Å². The standard InChI is InChI=1S/C16H12FNOS/c17-13-7-3-1-6-12(13)10-18-16(19)15-9-11-5-2-4-8-14(11)20-15/h1-9H,10H2,(H,18,19). The molecule has 1 heterocycles. The van der Waals surface area contributed by atoms with Crippen molar-refractivity contribution in [2.45, 2.75) is 6.54 Å². The van der Waals surface area contributed by atoms with Gasteiger partial charge in [-0.3, -0.25) is 4.79 Å². The van der Waals surface area contributed by atoms with Crippen molar-refractivity contribution < 1.29 is 9.18 Å². The summed E-state index contributed by atoms with van der Waals surface area (Å²) in [5.74, 6) is -0.474. The first-order valence-electron chi connectivity index (χ1n) is 6.24. The van der Waals surface area contributed by atoms with Crippen LogP contribution < -0.4 is 5.32 Å². The van der Waals surface area contributed by atoms with Crippen LogP contribution in [0.3, 0.4) is 0 Å². The van der Waals surface area contributed by atoms with Crippen LogP contribution in [0, 0.1) is 5.82 Å². The van der Waals surface area contributed by atoms with Gasteiger partial charge in [0.25, 0.3) is 5.91 Å². The second-order valence-corrected chi connectivity index (χ2v) is 5.51. The minimum atomic E-state index is -0.302. The molecule has 0 aliphatic carbocycles. The lowest BCUT2D eigenvalue weighted by Crippen LogP contribution is -2.22. The average Bonchev–Trinajstić information content (AvgIpc) is 2.90. The molecule has 0 bridgehead atoms. The molecule has 2 nitrogen and oxygen atoms in total. The van der Waals surface area contributed by atoms with Crippen LogP contribution in [-0.4, -0.2) is 5.91 Å². The minimum Gasteiger partial charge on any atom is -0.347 e. The Labute approximate surface area is 119 Å². The molecule has 0 spiro atoms. The fourth-order valence-corrected chi connectivity index (χ4v) is 2.98. The lowest BCUT2D eigenvalue weighted by Gasteiger charge is -2.04. The Morgan fingerprint density at radius 3 is 2.65 bits per heavy atom. The predicted octanol–water partition coefficient (Wildman–Crippen LogP) is 3.97. The Hall–Kier alpha value is -2.20. The topological polar surface area (TPSA) is 29.1 Å². The van der Waals surface area contributed by atoms with Crippen molar-refractivity contribution >= 4 is 27.3 Å². The summed E-state index contributed by atoms with van der Waals surface area (Å²) in [6.45, 7) is 0.194. The van der Waals surface area contributed by atoms with Gasteiger partial charge in [0.05, 0.1) is 4.88 Å². The Balaban J connectivity index is 1.75. The summed E-state index contributed by atoms with van der Waals surface area (Å²) < 4.78 is 14.5. The highest BCUT2D eigenvalue weighted by Gasteiger charge is 2.10. The van der Waals surface area contributed by atoms with E-state index in [2.05, 4.69) is 5.32 Å². The number of halogens is 1. The molecule has 100 valence electrons. The van der Waals surface area contributed by atoms with E-state index in [9.17, 15) is 9.18 Å². The van der Waals surface area contributed by atoms with Crippen LogP contribution in [0.5, 0.6) is 0 Å². The zero-order chi connectivity index (χ0) is 13.9. The number of carbonyl (C=O) groups excluding carboxylic acids is 1. The molecule has 1 amide bonds. The van der Waals surface area contributed by atoms with Crippen molar-refractivity contribution in [1.29, 1.82) is 0 Å². The van der Waals surface area contributed by atoms with Crippen molar-refractivity contribution in [1.82, 2.24) is 5.32 Å². The Kier molecular flexibility index (Phi) is 3.48. The summed E-state index contributed by atoms with van der Waals surface area (Å²) in [4.78, 5) is 12.7. The van der Waals surface area contributed by atoms with Crippen LogP contribution in [0.4, 0.5) is 4.39 Å². The zero-order valence-electron chi connectivity index (χ0n) is 10.6. The number of nitrogens with one attached hydrogen (secondary N) is 1. The Morgan fingerprint density at radius 2 is 1.85 bits per heavy atom. The summed E-state index contributed by atoms with van der Waals surface area (Å²) in [6.07, 6.45) is 0. The molecule has 20 heavy (non-hydrogen) atoms. The van der Waals surface area contributed by atoms with E-state index >= 15 is 0 Å². The Morgan fingerprint density at radius 1 is 1.10 bits per heavy atom. The minimum absolute atomic E-state index is 0.172. The molecule has 0 atom stereocenters. The largest absolute Gasteiger partial charge is 0.347 e. The number of amides is 1. The number of benzene rings is 2. The molecule has 1 N–H and O–H groups in total. The fourth-order valence-electron chi connectivity index (χ4n) is 2.00. The maximum atomic E-state index is 13.5. The van der Waals surface area contributed by atoms with Crippen LogP contribution >= 0.6 is 11.3 Å². The highest BCUT2D eigenvalue weighted by atomic mass is 32.1. The molecule has 0 unspecified atom stereocenters. The molecule has 0 radical (unpaired) electrons. The van der Waals surface area contributed by atoms with Gasteiger partial charge >= 0.3 is 0 Å². The molecular formula is C16H12FNOS. The van der Waals surface area contributed by atoms with Gasteiger partial charge in [-0.05, 0) is 23.6 Å². The van der Waals surface area contributed by atoms with E-state index in [0.29, 0.717) is 10.4 Å². The highest BCUT2D eigenvalue weighted by molar-refractivity contribution is 7.20. The molecule has 0 aliphatic heterocycles. The third-order valence-corrected chi connectivity index (χ3v) is 4.16. The SMILES string of the molecule is O=C(NCc1ccccc1F)c1cc2ccccc2s1. The van der Waals surface area contributed by atoms with E-state index in [0.717, 1.165) is 10.1 Å². The summed E-state index contributed by atoms with van der Waals surface area (Å²) in [7, 11) is 0. The number of fused-ring (bicyclic) bond motifs is 1. The quantitative estimate of drug-likeness (QED) is 0.775. The molecule has 4 heteroatoms. The second kappa shape index (κ2) is 5.43. The normalized spacial score (nSPS) is 10.7. The van der Waals surface area contributed by atoms with E-state index in [4.69, 9.17) is 0 Å². The third kappa shape index (κ3) is 2.56. The van der Waals surface area contributed by atoms with Crippen LogP contribution in [0.25, 0.3) is 10.1 Å². The van der Waals surface area contributed by atoms with Crippen molar-refractivity contribution in [2.75, 3.05) is 0 Å². The smallest absolute Gasteiger partial charge is 0.261 e. The first-order chi connectivity index (χ1) is 9.74. The van der Waals surface area contributed by atoms with E-state index in [1.54, 1.807) is 18.2 Å². The van der Waals surface area contributed by atoms with Crippen molar-refractivity contribution in [3.63, 3.8) is 0 Å². The number of hydrogen-bond acceptors (Lipinski definition) is 2. The summed E-state index contributed by atoms with van der Waals surface area (Å²) >= 11 is 1.44. The van der Waals surface area contributed by atoms with Gasteiger partial charge in [0, 0.05) is 16.8 Å². The predicted molar refractivity (Wildman–Crippen MR) is 79.4 cm³/mol. The molecule has 3 rings (SSSR count). The van der Waals surface area contributed by atoms with Gasteiger partial charge in [0.15, 0.2) is 0 Å². The first-order valence-corrected chi connectivity index (χ1v) is 7.06. The van der Waals surface area contributed by atoms with Gasteiger partial charge in [-0.25, -0.2) is 4.39 Å². The van der Waals surface area contributed by atoms with Gasteiger partial charge in [0.1, 0.15) is 5.82 Å². The van der Waals surface area contributed by atoms with Crippen LogP contribution in [-0.2, 0) is 6.54 Å². The van der Waals surface area contributed by atoms with Gasteiger partial charge in [-0.15, -0.1) is 11.3 Å². The van der Waals surface area contributed by atoms with Gasteiger partial charge in [0.2, 0.25) is 0 Å². The van der Waals surface area contributed by atoms with E-state index in [-0.39, 0.29) is 18.3 Å². The molecule has 3 aromatic rings. The van der Waals surface area contributed by atoms with E-state index < -0.39 is 0 Å². The van der Waals surface area contributed by atoms with Crippen LogP contribution in [0.2, 0.25) is 0 Å².